The van der Waals surface area contributed by atoms with Crippen molar-refractivity contribution in [3.8, 4) is 11.5 Å². The first-order valence-corrected chi connectivity index (χ1v) is 17.2. The number of hydrogen-bond donors (Lipinski definition) is 2. The van der Waals surface area contributed by atoms with Crippen molar-refractivity contribution in [1.82, 2.24) is 0 Å². The van der Waals surface area contributed by atoms with Gasteiger partial charge in [0.25, 0.3) is 20.0 Å². The van der Waals surface area contributed by atoms with Gasteiger partial charge < -0.3 is 9.47 Å². The lowest BCUT2D eigenvalue weighted by Gasteiger charge is -2.16. The van der Waals surface area contributed by atoms with E-state index >= 15 is 0 Å². The number of anilines is 2. The molecule has 2 N–H and O–H groups in total. The van der Waals surface area contributed by atoms with Crippen molar-refractivity contribution in [2.75, 3.05) is 16.6 Å². The Bertz CT molecular complexity index is 2080. The van der Waals surface area contributed by atoms with E-state index in [0.29, 0.717) is 23.4 Å². The van der Waals surface area contributed by atoms with Gasteiger partial charge in [0.1, 0.15) is 11.5 Å². The molecule has 0 heterocycles. The maximum atomic E-state index is 13.2. The highest BCUT2D eigenvalue weighted by Gasteiger charge is 2.21. The molecule has 0 spiro atoms. The maximum absolute atomic E-state index is 13.2. The molecule has 0 radical (unpaired) electrons. The van der Waals surface area contributed by atoms with E-state index in [4.69, 9.17) is 9.47 Å². The molecule has 0 aromatic heterocycles. The molecule has 0 unspecified atom stereocenters. The summed E-state index contributed by atoms with van der Waals surface area (Å²) < 4.78 is 68.7. The zero-order valence-electron chi connectivity index (χ0n) is 25.4. The summed E-state index contributed by atoms with van der Waals surface area (Å²) in [5.74, 6) is -0.164. The van der Waals surface area contributed by atoms with E-state index < -0.39 is 26.0 Å². The third kappa shape index (κ3) is 7.74. The molecule has 0 atom stereocenters. The van der Waals surface area contributed by atoms with Gasteiger partial charge in [-0.3, -0.25) is 9.44 Å². The highest BCUT2D eigenvalue weighted by molar-refractivity contribution is 7.93. The lowest BCUT2D eigenvalue weighted by atomic mass is 10.0. The van der Waals surface area contributed by atoms with Crippen LogP contribution in [0.3, 0.4) is 0 Å². The third-order valence-electron chi connectivity index (χ3n) is 7.10. The standard InChI is InChI=1S/C35H32N2O7S2/c1-24-9-15-30(16-10-24)45(39,40)36-33-19-13-28(22-27(33)21-26-7-5-4-6-8-26)44-29-14-20-34(32(23-29)35(38)43-3)37-46(41,42)31-17-11-25(2)12-18-31/h4-20,22-23,36-37H,21H2,1-3H3. The zero-order valence-corrected chi connectivity index (χ0v) is 27.0. The van der Waals surface area contributed by atoms with Crippen LogP contribution in [0.2, 0.25) is 0 Å². The minimum Gasteiger partial charge on any atom is -0.465 e. The van der Waals surface area contributed by atoms with Crippen LogP contribution in [-0.4, -0.2) is 29.9 Å². The molecule has 5 aromatic rings. The highest BCUT2D eigenvalue weighted by atomic mass is 32.2. The van der Waals surface area contributed by atoms with Crippen molar-refractivity contribution in [2.24, 2.45) is 0 Å². The van der Waals surface area contributed by atoms with Gasteiger partial charge in [-0.15, -0.1) is 0 Å². The van der Waals surface area contributed by atoms with E-state index in [0.717, 1.165) is 16.7 Å². The first kappa shape index (κ1) is 32.3. The van der Waals surface area contributed by atoms with Gasteiger partial charge in [0.15, 0.2) is 0 Å². The Morgan fingerprint density at radius 3 is 1.67 bits per heavy atom. The average Bonchev–Trinajstić information content (AvgIpc) is 3.03. The summed E-state index contributed by atoms with van der Waals surface area (Å²) in [6.45, 7) is 3.73. The predicted molar refractivity (Wildman–Crippen MR) is 178 cm³/mol. The first-order valence-electron chi connectivity index (χ1n) is 14.2. The van der Waals surface area contributed by atoms with Crippen LogP contribution in [0.1, 0.15) is 32.6 Å². The normalized spacial score (nSPS) is 11.5. The fourth-order valence-corrected chi connectivity index (χ4v) is 6.81. The number of nitrogens with one attached hydrogen (secondary N) is 2. The van der Waals surface area contributed by atoms with E-state index in [1.807, 2.05) is 44.2 Å². The second-order valence-corrected chi connectivity index (χ2v) is 14.0. The molecule has 0 aliphatic rings. The van der Waals surface area contributed by atoms with Crippen LogP contribution in [0.5, 0.6) is 11.5 Å². The van der Waals surface area contributed by atoms with Crippen LogP contribution in [0, 0.1) is 13.8 Å². The Morgan fingerprint density at radius 1 is 0.630 bits per heavy atom. The van der Waals surface area contributed by atoms with E-state index in [9.17, 15) is 21.6 Å². The Morgan fingerprint density at radius 2 is 1.13 bits per heavy atom. The van der Waals surface area contributed by atoms with Crippen LogP contribution in [0.25, 0.3) is 0 Å². The number of benzene rings is 5. The second kappa shape index (κ2) is 13.5. The summed E-state index contributed by atoms with van der Waals surface area (Å²) in [4.78, 5) is 12.9. The smallest absolute Gasteiger partial charge is 0.340 e. The van der Waals surface area contributed by atoms with Gasteiger partial charge in [0, 0.05) is 0 Å². The number of aryl methyl sites for hydroxylation is 2. The van der Waals surface area contributed by atoms with E-state index in [-0.39, 0.29) is 26.8 Å². The summed E-state index contributed by atoms with van der Waals surface area (Å²) in [7, 11) is -6.68. The van der Waals surface area contributed by atoms with Crippen molar-refractivity contribution in [3.63, 3.8) is 0 Å². The summed E-state index contributed by atoms with van der Waals surface area (Å²) >= 11 is 0. The summed E-state index contributed by atoms with van der Waals surface area (Å²) in [6.07, 6.45) is 0.400. The fraction of sp³-hybridized carbons (Fsp3) is 0.114. The first-order chi connectivity index (χ1) is 21.9. The SMILES string of the molecule is COC(=O)c1cc(Oc2ccc(NS(=O)(=O)c3ccc(C)cc3)c(Cc3ccccc3)c2)ccc1NS(=O)(=O)c1ccc(C)cc1. The van der Waals surface area contributed by atoms with Crippen LogP contribution >= 0.6 is 0 Å². The highest BCUT2D eigenvalue weighted by Crippen LogP contribution is 2.32. The monoisotopic (exact) mass is 656 g/mol. The molecule has 46 heavy (non-hydrogen) atoms. The molecule has 0 aliphatic heterocycles. The Labute approximate surface area is 268 Å². The average molecular weight is 657 g/mol. The van der Waals surface area contributed by atoms with Crippen LogP contribution in [0.4, 0.5) is 11.4 Å². The molecule has 0 fully saturated rings. The molecular formula is C35H32N2O7S2. The Kier molecular flexibility index (Phi) is 9.45. The number of methoxy groups -OCH3 is 1. The molecule has 0 bridgehead atoms. The molecule has 5 aromatic carbocycles. The van der Waals surface area contributed by atoms with Crippen molar-refractivity contribution in [2.45, 2.75) is 30.1 Å². The Hall–Kier alpha value is -5.13. The predicted octanol–water partition coefficient (Wildman–Crippen LogP) is 7.07. The molecule has 0 saturated heterocycles. The second-order valence-electron chi connectivity index (χ2n) is 10.6. The molecule has 0 amide bonds. The number of sulfonamides is 2. The molecule has 0 saturated carbocycles. The lowest BCUT2D eigenvalue weighted by molar-refractivity contribution is 0.0601. The van der Waals surface area contributed by atoms with Crippen molar-refractivity contribution in [3.05, 3.63) is 143 Å². The largest absolute Gasteiger partial charge is 0.465 e. The fourth-order valence-electron chi connectivity index (χ4n) is 4.63. The van der Waals surface area contributed by atoms with Crippen molar-refractivity contribution >= 4 is 37.4 Å². The van der Waals surface area contributed by atoms with Gasteiger partial charge in [-0.1, -0.05) is 65.7 Å². The number of hydrogen-bond acceptors (Lipinski definition) is 7. The van der Waals surface area contributed by atoms with Crippen LogP contribution in [-0.2, 0) is 31.2 Å². The van der Waals surface area contributed by atoms with Gasteiger partial charge in [-0.05, 0) is 92.1 Å². The van der Waals surface area contributed by atoms with E-state index in [2.05, 4.69) is 9.44 Å². The quantitative estimate of drug-likeness (QED) is 0.146. The van der Waals surface area contributed by atoms with Gasteiger partial charge in [0.2, 0.25) is 0 Å². The van der Waals surface area contributed by atoms with E-state index in [1.165, 1.54) is 37.4 Å². The van der Waals surface area contributed by atoms with Gasteiger partial charge in [-0.2, -0.15) is 0 Å². The number of carbonyl (C=O) groups excluding carboxylic acids is 1. The van der Waals surface area contributed by atoms with Crippen LogP contribution in [0.15, 0.2) is 125 Å². The molecule has 0 aliphatic carbocycles. The molecule has 236 valence electrons. The summed E-state index contributed by atoms with van der Waals surface area (Å²) in [5.41, 5.74) is 3.79. The van der Waals surface area contributed by atoms with Gasteiger partial charge in [-0.25, -0.2) is 21.6 Å². The minimum absolute atomic E-state index is 0.0189. The minimum atomic E-state index is -4.00. The van der Waals surface area contributed by atoms with E-state index in [1.54, 1.807) is 54.6 Å². The van der Waals surface area contributed by atoms with Crippen molar-refractivity contribution < 1.29 is 31.1 Å². The number of carbonyl (C=O) groups is 1. The number of esters is 1. The molecular weight excluding hydrogens is 625 g/mol. The summed E-state index contributed by atoms with van der Waals surface area (Å²) in [5, 5.41) is 0. The van der Waals surface area contributed by atoms with Gasteiger partial charge >= 0.3 is 5.97 Å². The van der Waals surface area contributed by atoms with Gasteiger partial charge in [0.05, 0.1) is 33.8 Å². The maximum Gasteiger partial charge on any atom is 0.340 e. The topological polar surface area (TPSA) is 128 Å². The summed E-state index contributed by atoms with van der Waals surface area (Å²) in [6, 6.07) is 31.7. The molecule has 5 rings (SSSR count). The third-order valence-corrected chi connectivity index (χ3v) is 9.86. The number of ether oxygens (including phenoxy) is 2. The van der Waals surface area contributed by atoms with Crippen molar-refractivity contribution in [1.29, 1.82) is 0 Å². The Balaban J connectivity index is 1.46. The molecule has 9 nitrogen and oxygen atoms in total. The van der Waals surface area contributed by atoms with Crippen LogP contribution < -0.4 is 14.2 Å². The number of rotatable bonds is 11. The lowest BCUT2D eigenvalue weighted by Crippen LogP contribution is -2.16. The molecule has 11 heteroatoms. The zero-order chi connectivity index (χ0) is 32.9.